The first-order valence-electron chi connectivity index (χ1n) is 6.92. The topological polar surface area (TPSA) is 15.3 Å². The number of hydrogen-bond acceptors (Lipinski definition) is 2. The van der Waals surface area contributed by atoms with Crippen LogP contribution in [0.5, 0.6) is 0 Å². The summed E-state index contributed by atoms with van der Waals surface area (Å²) in [7, 11) is 0. The van der Waals surface area contributed by atoms with Gasteiger partial charge in [-0.05, 0) is 24.8 Å². The molecule has 1 aliphatic heterocycles. The summed E-state index contributed by atoms with van der Waals surface area (Å²) >= 11 is 0. The molecule has 2 nitrogen and oxygen atoms in total. The molecule has 92 valence electrons. The zero-order valence-electron chi connectivity index (χ0n) is 10.6. The Morgan fingerprint density at radius 1 is 1.24 bits per heavy atom. The summed E-state index contributed by atoms with van der Waals surface area (Å²) in [6.07, 6.45) is 4.10. The lowest BCUT2D eigenvalue weighted by molar-refractivity contribution is 0.118. The molecule has 1 heterocycles. The minimum Gasteiger partial charge on any atom is -0.307 e. The predicted molar refractivity (Wildman–Crippen MR) is 71.0 cm³/mol. The molecular formula is C15H22N2. The Balaban J connectivity index is 1.72. The molecule has 17 heavy (non-hydrogen) atoms. The second-order valence-corrected chi connectivity index (χ2v) is 5.36. The van der Waals surface area contributed by atoms with Gasteiger partial charge in [0.1, 0.15) is 0 Å². The lowest BCUT2D eigenvalue weighted by Crippen LogP contribution is -2.53. The maximum Gasteiger partial charge on any atom is 0.0450 e. The summed E-state index contributed by atoms with van der Waals surface area (Å²) in [5, 5.41) is 3.71. The van der Waals surface area contributed by atoms with E-state index in [9.17, 15) is 0 Å². The second kappa shape index (κ2) is 4.79. The Bertz CT molecular complexity index is 358. The summed E-state index contributed by atoms with van der Waals surface area (Å²) < 4.78 is 0. The normalized spacial score (nSPS) is 30.4. The Morgan fingerprint density at radius 3 is 2.65 bits per heavy atom. The van der Waals surface area contributed by atoms with Gasteiger partial charge in [0.2, 0.25) is 0 Å². The van der Waals surface area contributed by atoms with Crippen LogP contribution in [0.25, 0.3) is 0 Å². The van der Waals surface area contributed by atoms with E-state index in [1.807, 2.05) is 0 Å². The second-order valence-electron chi connectivity index (χ2n) is 5.36. The number of hydrogen-bond donors (Lipinski definition) is 1. The first-order valence-corrected chi connectivity index (χ1v) is 6.92. The quantitative estimate of drug-likeness (QED) is 0.858. The van der Waals surface area contributed by atoms with Gasteiger partial charge < -0.3 is 5.32 Å². The molecule has 1 saturated heterocycles. The van der Waals surface area contributed by atoms with Gasteiger partial charge in [-0.15, -0.1) is 0 Å². The van der Waals surface area contributed by atoms with Crippen molar-refractivity contribution in [1.29, 1.82) is 0 Å². The van der Waals surface area contributed by atoms with Gasteiger partial charge >= 0.3 is 0 Å². The smallest absolute Gasteiger partial charge is 0.0450 e. The van der Waals surface area contributed by atoms with E-state index in [4.69, 9.17) is 0 Å². The molecule has 2 unspecified atom stereocenters. The Labute approximate surface area is 104 Å². The molecule has 1 N–H and O–H groups in total. The number of piperazine rings is 1. The molecule has 1 saturated carbocycles. The molecule has 2 heteroatoms. The molecule has 0 bridgehead atoms. The molecule has 1 aromatic carbocycles. The van der Waals surface area contributed by atoms with Crippen molar-refractivity contribution in [2.75, 3.05) is 13.1 Å². The van der Waals surface area contributed by atoms with E-state index in [-0.39, 0.29) is 0 Å². The average molecular weight is 230 g/mol. The zero-order chi connectivity index (χ0) is 11.7. The minimum atomic E-state index is 0.527. The monoisotopic (exact) mass is 230 g/mol. The van der Waals surface area contributed by atoms with Crippen molar-refractivity contribution in [3.63, 3.8) is 0 Å². The van der Waals surface area contributed by atoms with Gasteiger partial charge in [0.05, 0.1) is 0 Å². The summed E-state index contributed by atoms with van der Waals surface area (Å²) in [4.78, 5) is 2.74. The van der Waals surface area contributed by atoms with Crippen LogP contribution in [-0.4, -0.2) is 30.1 Å². The molecule has 0 spiro atoms. The van der Waals surface area contributed by atoms with Crippen molar-refractivity contribution in [1.82, 2.24) is 10.2 Å². The van der Waals surface area contributed by atoms with Crippen LogP contribution in [0.4, 0.5) is 0 Å². The maximum atomic E-state index is 3.71. The van der Waals surface area contributed by atoms with Gasteiger partial charge in [-0.2, -0.15) is 0 Å². The van der Waals surface area contributed by atoms with Crippen molar-refractivity contribution in [3.8, 4) is 0 Å². The zero-order valence-corrected chi connectivity index (χ0v) is 10.6. The highest BCUT2D eigenvalue weighted by atomic mass is 15.3. The number of rotatable bonds is 3. The number of nitrogens with zero attached hydrogens (tertiary/aromatic N) is 1. The molecule has 3 rings (SSSR count). The summed E-state index contributed by atoms with van der Waals surface area (Å²) in [6, 6.07) is 13.0. The first kappa shape index (κ1) is 11.2. The summed E-state index contributed by atoms with van der Waals surface area (Å²) in [5.41, 5.74) is 1.44. The van der Waals surface area contributed by atoms with E-state index in [0.717, 1.165) is 18.6 Å². The maximum absolute atomic E-state index is 3.71. The van der Waals surface area contributed by atoms with E-state index >= 15 is 0 Å². The van der Waals surface area contributed by atoms with Crippen LogP contribution < -0.4 is 5.32 Å². The first-order chi connectivity index (χ1) is 8.38. The Morgan fingerprint density at radius 2 is 2.00 bits per heavy atom. The lowest BCUT2D eigenvalue weighted by Gasteiger charge is -2.40. The third kappa shape index (κ3) is 2.38. The van der Waals surface area contributed by atoms with Crippen LogP contribution in [0.2, 0.25) is 0 Å². The van der Waals surface area contributed by atoms with E-state index < -0.39 is 0 Å². The van der Waals surface area contributed by atoms with Crippen LogP contribution >= 0.6 is 0 Å². The average Bonchev–Trinajstić information content (AvgIpc) is 3.23. The fourth-order valence-electron chi connectivity index (χ4n) is 2.96. The third-order valence-corrected chi connectivity index (χ3v) is 4.15. The van der Waals surface area contributed by atoms with E-state index in [2.05, 4.69) is 47.5 Å². The van der Waals surface area contributed by atoms with Crippen LogP contribution in [0.15, 0.2) is 30.3 Å². The van der Waals surface area contributed by atoms with Crippen molar-refractivity contribution in [3.05, 3.63) is 35.9 Å². The van der Waals surface area contributed by atoms with Gasteiger partial charge in [0, 0.05) is 31.2 Å². The molecule has 1 aromatic rings. The minimum absolute atomic E-state index is 0.527. The van der Waals surface area contributed by atoms with Gasteiger partial charge in [0.25, 0.3) is 0 Å². The molecule has 2 aliphatic rings. The van der Waals surface area contributed by atoms with Gasteiger partial charge in [0.15, 0.2) is 0 Å². The predicted octanol–water partition coefficient (Wildman–Crippen LogP) is 2.57. The molecule has 2 fully saturated rings. The molecule has 0 aromatic heterocycles. The van der Waals surface area contributed by atoms with Crippen molar-refractivity contribution < 1.29 is 0 Å². The van der Waals surface area contributed by atoms with Crippen LogP contribution in [-0.2, 0) is 0 Å². The van der Waals surface area contributed by atoms with Gasteiger partial charge in [-0.3, -0.25) is 4.90 Å². The molecule has 0 radical (unpaired) electrons. The Kier molecular flexibility index (Phi) is 3.17. The van der Waals surface area contributed by atoms with Crippen molar-refractivity contribution >= 4 is 0 Å². The summed E-state index contributed by atoms with van der Waals surface area (Å²) in [5.74, 6) is 0. The van der Waals surface area contributed by atoms with Gasteiger partial charge in [-0.1, -0.05) is 37.3 Å². The van der Waals surface area contributed by atoms with Crippen LogP contribution in [0.1, 0.15) is 37.8 Å². The lowest BCUT2D eigenvalue weighted by atomic mass is 10.0. The van der Waals surface area contributed by atoms with E-state index in [1.165, 1.54) is 31.4 Å². The molecule has 2 atom stereocenters. The van der Waals surface area contributed by atoms with E-state index in [1.54, 1.807) is 0 Å². The highest BCUT2D eigenvalue weighted by molar-refractivity contribution is 5.20. The SMILES string of the molecule is CCC1CNC(c2ccccc2)CN1C1CC1. The fourth-order valence-corrected chi connectivity index (χ4v) is 2.96. The summed E-state index contributed by atoms with van der Waals surface area (Å²) in [6.45, 7) is 4.64. The van der Waals surface area contributed by atoms with Crippen molar-refractivity contribution in [2.45, 2.75) is 44.3 Å². The number of benzene rings is 1. The molecule has 1 aliphatic carbocycles. The van der Waals surface area contributed by atoms with Crippen molar-refractivity contribution in [2.24, 2.45) is 0 Å². The highest BCUT2D eigenvalue weighted by Gasteiger charge is 2.37. The largest absolute Gasteiger partial charge is 0.307 e. The fraction of sp³-hybridized carbons (Fsp3) is 0.600. The number of nitrogens with one attached hydrogen (secondary N) is 1. The highest BCUT2D eigenvalue weighted by Crippen LogP contribution is 2.33. The van der Waals surface area contributed by atoms with Crippen LogP contribution in [0, 0.1) is 0 Å². The van der Waals surface area contributed by atoms with E-state index in [0.29, 0.717) is 6.04 Å². The standard InChI is InChI=1S/C15H22N2/c1-2-13-10-16-15(11-17(13)14-8-9-14)12-6-4-3-5-7-12/h3-7,13-16H,2,8-11H2,1H3. The Hall–Kier alpha value is -0.860. The third-order valence-electron chi connectivity index (χ3n) is 4.15. The van der Waals surface area contributed by atoms with Crippen LogP contribution in [0.3, 0.4) is 0 Å². The molecule has 0 amide bonds. The van der Waals surface area contributed by atoms with Gasteiger partial charge in [-0.25, -0.2) is 0 Å². The molecular weight excluding hydrogens is 208 g/mol.